The number of anilines is 1. The molecule has 2 nitrogen and oxygen atoms in total. The van der Waals surface area contributed by atoms with Crippen LogP contribution in [0.15, 0.2) is 18.2 Å². The summed E-state index contributed by atoms with van der Waals surface area (Å²) in [6.45, 7) is 0. The number of carbonyl (C=O) groups excluding carboxylic acids is 1. The van der Waals surface area contributed by atoms with Crippen molar-refractivity contribution in [2.24, 2.45) is 17.8 Å². The van der Waals surface area contributed by atoms with Gasteiger partial charge in [-0.1, -0.05) is 18.6 Å². The first kappa shape index (κ1) is 11.8. The summed E-state index contributed by atoms with van der Waals surface area (Å²) in [6, 6.07) is 6.24. The number of rotatable bonds is 2. The molecule has 4 unspecified atom stereocenters. The second-order valence-corrected chi connectivity index (χ2v) is 6.85. The van der Waals surface area contributed by atoms with Crippen LogP contribution in [0.4, 0.5) is 5.69 Å². The minimum Gasteiger partial charge on any atom is -0.326 e. The highest BCUT2D eigenvalue weighted by atomic mass is 35.5. The average molecular weight is 276 g/mol. The molecule has 0 radical (unpaired) electrons. The number of fused-ring (bicyclic) bond motifs is 3. The standard InChI is InChI=1S/C16H18ClNO/c17-16(13-6-9-1-2-10(13)5-9)11-3-4-14-12(7-11)8-15(19)18-14/h3-4,7,9-10,13,16H,1-2,5-6,8H2,(H,18,19). The largest absolute Gasteiger partial charge is 0.326 e. The molecule has 4 atom stereocenters. The predicted octanol–water partition coefficient (Wildman–Crippen LogP) is 3.90. The summed E-state index contributed by atoms with van der Waals surface area (Å²) in [6.07, 6.45) is 5.96. The molecular formula is C16H18ClNO. The molecule has 1 aromatic rings. The summed E-state index contributed by atoms with van der Waals surface area (Å²) in [5.41, 5.74) is 3.27. The van der Waals surface area contributed by atoms with Crippen LogP contribution >= 0.6 is 11.6 Å². The summed E-state index contributed by atoms with van der Waals surface area (Å²) in [5.74, 6) is 2.50. The quantitative estimate of drug-likeness (QED) is 0.815. The van der Waals surface area contributed by atoms with Crippen molar-refractivity contribution in [3.8, 4) is 0 Å². The molecule has 1 N–H and O–H groups in total. The van der Waals surface area contributed by atoms with Gasteiger partial charge in [0.05, 0.1) is 11.8 Å². The summed E-state index contributed by atoms with van der Waals surface area (Å²) < 4.78 is 0. The normalized spacial score (nSPS) is 33.3. The molecule has 1 aliphatic heterocycles. The first-order valence-corrected chi connectivity index (χ1v) is 7.71. The summed E-state index contributed by atoms with van der Waals surface area (Å²) in [5, 5.41) is 3.00. The number of carbonyl (C=O) groups is 1. The van der Waals surface area contributed by atoms with Crippen molar-refractivity contribution < 1.29 is 4.79 Å². The van der Waals surface area contributed by atoms with Crippen LogP contribution in [0.5, 0.6) is 0 Å². The van der Waals surface area contributed by atoms with Crippen molar-refractivity contribution in [3.63, 3.8) is 0 Å². The Hall–Kier alpha value is -1.02. The highest BCUT2D eigenvalue weighted by Crippen LogP contribution is 2.54. The Kier molecular flexibility index (Phi) is 2.63. The maximum absolute atomic E-state index is 11.4. The fourth-order valence-electron chi connectivity index (χ4n) is 4.32. The van der Waals surface area contributed by atoms with Gasteiger partial charge in [0.2, 0.25) is 5.91 Å². The lowest BCUT2D eigenvalue weighted by Gasteiger charge is -2.26. The Morgan fingerprint density at radius 1 is 1.26 bits per heavy atom. The molecule has 19 heavy (non-hydrogen) atoms. The summed E-state index contributed by atoms with van der Waals surface area (Å²) in [4.78, 5) is 11.4. The Bertz CT molecular complexity index is 542. The van der Waals surface area contributed by atoms with E-state index in [2.05, 4.69) is 17.4 Å². The van der Waals surface area contributed by atoms with Gasteiger partial charge < -0.3 is 5.32 Å². The zero-order chi connectivity index (χ0) is 13.0. The second kappa shape index (κ2) is 4.24. The average Bonchev–Trinajstić information content (AvgIpc) is 3.09. The van der Waals surface area contributed by atoms with Crippen LogP contribution in [0.3, 0.4) is 0 Å². The van der Waals surface area contributed by atoms with Crippen LogP contribution in [0.2, 0.25) is 0 Å². The minimum absolute atomic E-state index is 0.0956. The fraction of sp³-hybridized carbons (Fsp3) is 0.562. The molecule has 3 aliphatic rings. The molecule has 100 valence electrons. The second-order valence-electron chi connectivity index (χ2n) is 6.38. The Morgan fingerprint density at radius 2 is 2.16 bits per heavy atom. The zero-order valence-electron chi connectivity index (χ0n) is 10.9. The van der Waals surface area contributed by atoms with Gasteiger partial charge in [-0.3, -0.25) is 4.79 Å². The molecular weight excluding hydrogens is 258 g/mol. The molecule has 0 aromatic heterocycles. The van der Waals surface area contributed by atoms with E-state index in [1.165, 1.54) is 31.2 Å². The van der Waals surface area contributed by atoms with Crippen LogP contribution in [-0.4, -0.2) is 5.91 Å². The van der Waals surface area contributed by atoms with Gasteiger partial charge in [-0.05, 0) is 54.2 Å². The molecule has 0 spiro atoms. The zero-order valence-corrected chi connectivity index (χ0v) is 11.6. The number of hydrogen-bond acceptors (Lipinski definition) is 1. The van der Waals surface area contributed by atoms with Crippen molar-refractivity contribution >= 4 is 23.2 Å². The van der Waals surface area contributed by atoms with E-state index in [-0.39, 0.29) is 11.3 Å². The Labute approximate surface area is 118 Å². The van der Waals surface area contributed by atoms with E-state index in [1.54, 1.807) is 0 Å². The van der Waals surface area contributed by atoms with E-state index >= 15 is 0 Å². The maximum Gasteiger partial charge on any atom is 0.228 e. The molecule has 2 fully saturated rings. The number of amides is 1. The van der Waals surface area contributed by atoms with E-state index in [9.17, 15) is 4.79 Å². The number of benzene rings is 1. The molecule has 2 saturated carbocycles. The molecule has 1 heterocycles. The van der Waals surface area contributed by atoms with Gasteiger partial charge in [0, 0.05) is 5.69 Å². The van der Waals surface area contributed by atoms with Crippen molar-refractivity contribution in [2.45, 2.75) is 37.5 Å². The molecule has 1 amide bonds. The lowest BCUT2D eigenvalue weighted by atomic mass is 9.83. The summed E-state index contributed by atoms with van der Waals surface area (Å²) >= 11 is 6.74. The van der Waals surface area contributed by atoms with Crippen LogP contribution in [0, 0.1) is 17.8 Å². The third kappa shape index (κ3) is 1.88. The SMILES string of the molecule is O=C1Cc2cc(C(Cl)C3CC4CCC3C4)ccc2N1. The van der Waals surface area contributed by atoms with Crippen molar-refractivity contribution in [2.75, 3.05) is 5.32 Å². The highest BCUT2D eigenvalue weighted by molar-refractivity contribution is 6.21. The summed E-state index contributed by atoms with van der Waals surface area (Å²) in [7, 11) is 0. The first-order chi connectivity index (χ1) is 9.20. The third-order valence-corrected chi connectivity index (χ3v) is 5.82. The molecule has 0 saturated heterocycles. The fourth-order valence-corrected chi connectivity index (χ4v) is 4.76. The van der Waals surface area contributed by atoms with Gasteiger partial charge in [-0.15, -0.1) is 11.6 Å². The van der Waals surface area contributed by atoms with E-state index in [0.717, 1.165) is 23.1 Å². The Balaban J connectivity index is 1.59. The minimum atomic E-state index is 0.0956. The Morgan fingerprint density at radius 3 is 2.89 bits per heavy atom. The molecule has 2 aliphatic carbocycles. The molecule has 2 bridgehead atoms. The van der Waals surface area contributed by atoms with E-state index in [1.807, 2.05) is 6.07 Å². The van der Waals surface area contributed by atoms with Gasteiger partial charge in [0.15, 0.2) is 0 Å². The lowest BCUT2D eigenvalue weighted by molar-refractivity contribution is -0.115. The first-order valence-electron chi connectivity index (χ1n) is 7.27. The molecule has 3 heteroatoms. The van der Waals surface area contributed by atoms with Gasteiger partial charge in [-0.25, -0.2) is 0 Å². The van der Waals surface area contributed by atoms with Crippen molar-refractivity contribution in [1.29, 1.82) is 0 Å². The van der Waals surface area contributed by atoms with Gasteiger partial charge in [0.25, 0.3) is 0 Å². The monoisotopic (exact) mass is 275 g/mol. The van der Waals surface area contributed by atoms with Crippen LogP contribution < -0.4 is 5.32 Å². The number of hydrogen-bond donors (Lipinski definition) is 1. The van der Waals surface area contributed by atoms with E-state index in [0.29, 0.717) is 12.3 Å². The maximum atomic E-state index is 11.4. The van der Waals surface area contributed by atoms with Crippen LogP contribution in [0.25, 0.3) is 0 Å². The van der Waals surface area contributed by atoms with Gasteiger partial charge in [0.1, 0.15) is 0 Å². The highest BCUT2D eigenvalue weighted by Gasteiger charge is 2.43. The van der Waals surface area contributed by atoms with Crippen molar-refractivity contribution in [3.05, 3.63) is 29.3 Å². The van der Waals surface area contributed by atoms with Gasteiger partial charge >= 0.3 is 0 Å². The number of halogens is 1. The number of alkyl halides is 1. The van der Waals surface area contributed by atoms with Crippen LogP contribution in [-0.2, 0) is 11.2 Å². The van der Waals surface area contributed by atoms with Crippen molar-refractivity contribution in [1.82, 2.24) is 0 Å². The van der Waals surface area contributed by atoms with Crippen LogP contribution in [0.1, 0.15) is 42.2 Å². The van der Waals surface area contributed by atoms with E-state index < -0.39 is 0 Å². The molecule has 1 aromatic carbocycles. The number of nitrogens with one attached hydrogen (secondary N) is 1. The third-order valence-electron chi connectivity index (χ3n) is 5.24. The van der Waals surface area contributed by atoms with Gasteiger partial charge in [-0.2, -0.15) is 0 Å². The predicted molar refractivity (Wildman–Crippen MR) is 76.3 cm³/mol. The molecule has 4 rings (SSSR count). The lowest BCUT2D eigenvalue weighted by Crippen LogP contribution is -2.15. The topological polar surface area (TPSA) is 29.1 Å². The smallest absolute Gasteiger partial charge is 0.228 e. The van der Waals surface area contributed by atoms with E-state index in [4.69, 9.17) is 11.6 Å².